The second-order valence-corrected chi connectivity index (χ2v) is 3.65. The van der Waals surface area contributed by atoms with Crippen LogP contribution >= 0.6 is 0 Å². The zero-order valence-electron chi connectivity index (χ0n) is 9.62. The summed E-state index contributed by atoms with van der Waals surface area (Å²) in [6.07, 6.45) is 3.66. The number of carbonyl (C=O) groups excluding carboxylic acids is 2. The van der Waals surface area contributed by atoms with E-state index in [0.29, 0.717) is 13.0 Å². The van der Waals surface area contributed by atoms with Crippen molar-refractivity contribution in [1.29, 1.82) is 0 Å². The van der Waals surface area contributed by atoms with Crippen molar-refractivity contribution in [2.24, 2.45) is 5.92 Å². The summed E-state index contributed by atoms with van der Waals surface area (Å²) in [5.41, 5.74) is 1.03. The molecule has 1 atom stereocenters. The molecule has 0 aliphatic heterocycles. The van der Waals surface area contributed by atoms with Crippen LogP contribution in [-0.2, 0) is 14.3 Å². The van der Waals surface area contributed by atoms with Crippen LogP contribution < -0.4 is 0 Å². The zero-order chi connectivity index (χ0) is 11.7. The smallest absolute Gasteiger partial charge is 0.308 e. The molecule has 0 rings (SSSR count). The molecule has 0 amide bonds. The lowest BCUT2D eigenvalue weighted by molar-refractivity contribution is -0.147. The van der Waals surface area contributed by atoms with Crippen molar-refractivity contribution in [3.8, 4) is 0 Å². The molecule has 86 valence electrons. The fourth-order valence-electron chi connectivity index (χ4n) is 1.21. The summed E-state index contributed by atoms with van der Waals surface area (Å²) in [7, 11) is 0. The Bertz CT molecular complexity index is 221. The monoisotopic (exact) mass is 212 g/mol. The number of esters is 1. The first-order valence-corrected chi connectivity index (χ1v) is 5.38. The van der Waals surface area contributed by atoms with Gasteiger partial charge in [-0.15, -0.1) is 0 Å². The molecule has 0 saturated heterocycles. The van der Waals surface area contributed by atoms with Gasteiger partial charge in [0.25, 0.3) is 0 Å². The van der Waals surface area contributed by atoms with Crippen molar-refractivity contribution < 1.29 is 14.3 Å². The van der Waals surface area contributed by atoms with Crippen molar-refractivity contribution in [2.75, 3.05) is 6.61 Å². The summed E-state index contributed by atoms with van der Waals surface area (Å²) in [4.78, 5) is 21.4. The van der Waals surface area contributed by atoms with Crippen molar-refractivity contribution in [2.45, 2.75) is 39.5 Å². The van der Waals surface area contributed by atoms with Crippen molar-refractivity contribution in [3.05, 3.63) is 12.2 Å². The Kier molecular flexibility index (Phi) is 7.60. The second-order valence-electron chi connectivity index (χ2n) is 3.65. The van der Waals surface area contributed by atoms with E-state index in [1.165, 1.54) is 0 Å². The van der Waals surface area contributed by atoms with Gasteiger partial charge >= 0.3 is 5.97 Å². The number of allylic oxidation sites excluding steroid dienone is 1. The highest BCUT2D eigenvalue weighted by molar-refractivity contribution is 5.71. The third-order valence-electron chi connectivity index (χ3n) is 2.24. The van der Waals surface area contributed by atoms with Crippen molar-refractivity contribution in [3.63, 3.8) is 0 Å². The molecule has 0 aromatic heterocycles. The van der Waals surface area contributed by atoms with Crippen LogP contribution in [0.15, 0.2) is 12.2 Å². The average Bonchev–Trinajstić information content (AvgIpc) is 2.23. The van der Waals surface area contributed by atoms with E-state index >= 15 is 0 Å². The van der Waals surface area contributed by atoms with Gasteiger partial charge in [-0.2, -0.15) is 0 Å². The van der Waals surface area contributed by atoms with Crippen LogP contribution in [0, 0.1) is 5.92 Å². The number of ether oxygens (including phenoxy) is 1. The maximum atomic E-state index is 11.3. The second kappa shape index (κ2) is 8.21. The van der Waals surface area contributed by atoms with Gasteiger partial charge in [0.05, 0.1) is 12.5 Å². The number of hydrogen-bond donors (Lipinski definition) is 0. The standard InChI is InChI=1S/C12H20O3/c1-4-15-12(14)11(3)8-7-10(2)6-5-9-13/h9,11H,2,4-8H2,1,3H3. The maximum Gasteiger partial charge on any atom is 0.308 e. The minimum atomic E-state index is -0.152. The predicted octanol–water partition coefficient (Wildman–Crippen LogP) is 2.50. The van der Waals surface area contributed by atoms with E-state index in [1.54, 1.807) is 6.92 Å². The summed E-state index contributed by atoms with van der Waals surface area (Å²) in [6, 6.07) is 0. The Morgan fingerprint density at radius 1 is 1.47 bits per heavy atom. The molecule has 0 aliphatic carbocycles. The molecule has 0 aromatic carbocycles. The Balaban J connectivity index is 3.69. The van der Waals surface area contributed by atoms with E-state index in [1.807, 2.05) is 6.92 Å². The van der Waals surface area contributed by atoms with Gasteiger partial charge in [0.2, 0.25) is 0 Å². The normalized spacial score (nSPS) is 11.9. The third kappa shape index (κ3) is 6.89. The van der Waals surface area contributed by atoms with Crippen LogP contribution in [0.3, 0.4) is 0 Å². The van der Waals surface area contributed by atoms with Crippen molar-refractivity contribution >= 4 is 12.3 Å². The molecule has 3 heteroatoms. The van der Waals surface area contributed by atoms with Crippen LogP contribution in [0.4, 0.5) is 0 Å². The van der Waals surface area contributed by atoms with Crippen LogP contribution in [0.25, 0.3) is 0 Å². The van der Waals surface area contributed by atoms with Gasteiger partial charge in [0.15, 0.2) is 0 Å². The fourth-order valence-corrected chi connectivity index (χ4v) is 1.21. The Labute approximate surface area is 91.5 Å². The predicted molar refractivity (Wildman–Crippen MR) is 59.5 cm³/mol. The van der Waals surface area contributed by atoms with Gasteiger partial charge < -0.3 is 9.53 Å². The first-order valence-electron chi connectivity index (χ1n) is 5.38. The quantitative estimate of drug-likeness (QED) is 0.353. The van der Waals surface area contributed by atoms with E-state index < -0.39 is 0 Å². The largest absolute Gasteiger partial charge is 0.466 e. The zero-order valence-corrected chi connectivity index (χ0v) is 9.62. The Morgan fingerprint density at radius 3 is 2.67 bits per heavy atom. The van der Waals surface area contributed by atoms with Crippen LogP contribution in [0.2, 0.25) is 0 Å². The molecular weight excluding hydrogens is 192 g/mol. The van der Waals surface area contributed by atoms with Gasteiger partial charge in [0.1, 0.15) is 6.29 Å². The molecule has 0 heterocycles. The topological polar surface area (TPSA) is 43.4 Å². The summed E-state index contributed by atoms with van der Waals surface area (Å²) in [5.74, 6) is -0.237. The molecule has 3 nitrogen and oxygen atoms in total. The summed E-state index contributed by atoms with van der Waals surface area (Å²) in [5, 5.41) is 0. The van der Waals surface area contributed by atoms with Gasteiger partial charge in [0, 0.05) is 6.42 Å². The lowest BCUT2D eigenvalue weighted by Crippen LogP contribution is -2.14. The van der Waals surface area contributed by atoms with E-state index in [9.17, 15) is 9.59 Å². The maximum absolute atomic E-state index is 11.3. The van der Waals surface area contributed by atoms with Gasteiger partial charge in [-0.1, -0.05) is 19.1 Å². The lowest BCUT2D eigenvalue weighted by Gasteiger charge is -2.10. The fraction of sp³-hybridized carbons (Fsp3) is 0.667. The van der Waals surface area contributed by atoms with Gasteiger partial charge in [-0.3, -0.25) is 4.79 Å². The molecule has 0 radical (unpaired) electrons. The molecule has 0 spiro atoms. The van der Waals surface area contributed by atoms with Gasteiger partial charge in [-0.05, 0) is 26.2 Å². The first kappa shape index (κ1) is 13.9. The highest BCUT2D eigenvalue weighted by atomic mass is 16.5. The minimum absolute atomic E-state index is 0.0852. The van der Waals surface area contributed by atoms with E-state index in [2.05, 4.69) is 6.58 Å². The summed E-state index contributed by atoms with van der Waals surface area (Å²) < 4.78 is 4.89. The van der Waals surface area contributed by atoms with Gasteiger partial charge in [-0.25, -0.2) is 0 Å². The highest BCUT2D eigenvalue weighted by Gasteiger charge is 2.13. The van der Waals surface area contributed by atoms with Crippen LogP contribution in [0.5, 0.6) is 0 Å². The molecule has 0 fully saturated rings. The van der Waals surface area contributed by atoms with Crippen molar-refractivity contribution in [1.82, 2.24) is 0 Å². The Hall–Kier alpha value is -1.12. The number of rotatable bonds is 8. The van der Waals surface area contributed by atoms with Crippen LogP contribution in [-0.4, -0.2) is 18.9 Å². The molecule has 0 aliphatic rings. The number of carbonyl (C=O) groups is 2. The lowest BCUT2D eigenvalue weighted by atomic mass is 10.00. The first-order chi connectivity index (χ1) is 7.11. The number of aldehydes is 1. The highest BCUT2D eigenvalue weighted by Crippen LogP contribution is 2.15. The van der Waals surface area contributed by atoms with E-state index in [-0.39, 0.29) is 11.9 Å². The SMILES string of the molecule is C=C(CCC=O)CCC(C)C(=O)OCC. The molecule has 1 unspecified atom stereocenters. The molecule has 15 heavy (non-hydrogen) atoms. The molecule has 0 bridgehead atoms. The molecule has 0 aromatic rings. The molecule has 0 saturated carbocycles. The molecular formula is C12H20O3. The molecule has 0 N–H and O–H groups in total. The van der Waals surface area contributed by atoms with Crippen LogP contribution in [0.1, 0.15) is 39.5 Å². The minimum Gasteiger partial charge on any atom is -0.466 e. The summed E-state index contributed by atoms with van der Waals surface area (Å²) in [6.45, 7) is 7.94. The average molecular weight is 212 g/mol. The Morgan fingerprint density at radius 2 is 2.13 bits per heavy atom. The van der Waals surface area contributed by atoms with E-state index in [0.717, 1.165) is 31.1 Å². The number of hydrogen-bond acceptors (Lipinski definition) is 3. The summed E-state index contributed by atoms with van der Waals surface area (Å²) >= 11 is 0. The van der Waals surface area contributed by atoms with E-state index in [4.69, 9.17) is 4.74 Å². The third-order valence-corrected chi connectivity index (χ3v) is 2.24.